The molecule has 1 aromatic rings. The van der Waals surface area contributed by atoms with Crippen molar-refractivity contribution in [1.29, 1.82) is 0 Å². The van der Waals surface area contributed by atoms with Gasteiger partial charge >= 0.3 is 5.97 Å². The van der Waals surface area contributed by atoms with Crippen LogP contribution in [0.1, 0.15) is 28.4 Å². The Bertz CT molecular complexity index is 359. The number of rotatable bonds is 2. The number of ether oxygens (including phenoxy) is 1. The second-order valence-electron chi connectivity index (χ2n) is 3.24. The topological polar surface area (TPSA) is 52.3 Å². The highest BCUT2D eigenvalue weighted by atomic mass is 16.5. The number of hydrogen-bond acceptors (Lipinski definition) is 3. The van der Waals surface area contributed by atoms with Crippen LogP contribution in [0.25, 0.3) is 0 Å². The minimum Gasteiger partial charge on any atom is -0.462 e. The van der Waals surface area contributed by atoms with E-state index in [-0.39, 0.29) is 5.97 Å². The first kappa shape index (κ1) is 10.6. The zero-order valence-electron chi connectivity index (χ0n) is 8.76. The largest absolute Gasteiger partial charge is 0.462 e. The molecule has 0 fully saturated rings. The van der Waals surface area contributed by atoms with Crippen molar-refractivity contribution in [3.63, 3.8) is 0 Å². The molecule has 0 saturated heterocycles. The molecular weight excluding hydrogens is 178 g/mol. The van der Waals surface area contributed by atoms with Gasteiger partial charge in [-0.25, -0.2) is 4.79 Å². The lowest BCUT2D eigenvalue weighted by atomic mass is 10.0. The van der Waals surface area contributed by atoms with Crippen LogP contribution in [0.2, 0.25) is 0 Å². The smallest absolute Gasteiger partial charge is 0.338 e. The van der Waals surface area contributed by atoms with Gasteiger partial charge in [0.25, 0.3) is 0 Å². The third-order valence-electron chi connectivity index (χ3n) is 2.11. The normalized spacial score (nSPS) is 9.93. The van der Waals surface area contributed by atoms with Crippen LogP contribution in [-0.4, -0.2) is 12.6 Å². The Kier molecular flexibility index (Phi) is 3.12. The number of nitrogens with two attached hydrogens (primary N) is 1. The van der Waals surface area contributed by atoms with Crippen LogP contribution < -0.4 is 5.73 Å². The van der Waals surface area contributed by atoms with Crippen LogP contribution in [0.3, 0.4) is 0 Å². The van der Waals surface area contributed by atoms with Gasteiger partial charge in [-0.2, -0.15) is 0 Å². The molecule has 3 nitrogen and oxygen atoms in total. The van der Waals surface area contributed by atoms with E-state index in [1.165, 1.54) is 0 Å². The van der Waals surface area contributed by atoms with E-state index in [4.69, 9.17) is 10.5 Å². The molecule has 0 radical (unpaired) electrons. The first-order chi connectivity index (χ1) is 6.56. The summed E-state index contributed by atoms with van der Waals surface area (Å²) in [5.41, 5.74) is 8.77. The number of carbonyl (C=O) groups excluding carboxylic acids is 1. The summed E-state index contributed by atoms with van der Waals surface area (Å²) in [6.07, 6.45) is 0. The van der Waals surface area contributed by atoms with Crippen molar-refractivity contribution in [2.24, 2.45) is 0 Å². The van der Waals surface area contributed by atoms with Crippen LogP contribution in [0.15, 0.2) is 12.1 Å². The monoisotopic (exact) mass is 193 g/mol. The van der Waals surface area contributed by atoms with Gasteiger partial charge in [0.05, 0.1) is 12.2 Å². The van der Waals surface area contributed by atoms with Gasteiger partial charge in [0, 0.05) is 5.69 Å². The molecule has 0 saturated carbocycles. The predicted octanol–water partition coefficient (Wildman–Crippen LogP) is 2.06. The number of aryl methyl sites for hydroxylation is 2. The summed E-state index contributed by atoms with van der Waals surface area (Å²) in [6.45, 7) is 5.95. The maximum Gasteiger partial charge on any atom is 0.338 e. The Morgan fingerprint density at radius 2 is 2.00 bits per heavy atom. The molecular formula is C11H15NO2. The van der Waals surface area contributed by atoms with Gasteiger partial charge in [0.1, 0.15) is 0 Å². The Labute approximate surface area is 83.9 Å². The van der Waals surface area contributed by atoms with Crippen LogP contribution in [-0.2, 0) is 4.74 Å². The summed E-state index contributed by atoms with van der Waals surface area (Å²) >= 11 is 0. The fraction of sp³-hybridized carbons (Fsp3) is 0.364. The highest BCUT2D eigenvalue weighted by molar-refractivity contribution is 5.92. The summed E-state index contributed by atoms with van der Waals surface area (Å²) < 4.78 is 4.91. The minimum atomic E-state index is -0.309. The minimum absolute atomic E-state index is 0.309. The molecule has 0 aromatic heterocycles. The van der Waals surface area contributed by atoms with Crippen LogP contribution in [0.5, 0.6) is 0 Å². The second kappa shape index (κ2) is 4.13. The fourth-order valence-electron chi connectivity index (χ4n) is 1.30. The molecule has 0 unspecified atom stereocenters. The Balaban J connectivity index is 3.09. The molecule has 14 heavy (non-hydrogen) atoms. The van der Waals surface area contributed by atoms with E-state index in [1.54, 1.807) is 13.0 Å². The molecule has 0 amide bonds. The number of benzene rings is 1. The summed E-state index contributed by atoms with van der Waals surface area (Å²) in [4.78, 5) is 11.5. The van der Waals surface area contributed by atoms with E-state index in [1.807, 2.05) is 19.9 Å². The number of hydrogen-bond donors (Lipinski definition) is 1. The van der Waals surface area contributed by atoms with E-state index in [9.17, 15) is 4.79 Å². The predicted molar refractivity (Wildman–Crippen MR) is 56.3 cm³/mol. The lowest BCUT2D eigenvalue weighted by molar-refractivity contribution is 0.0525. The second-order valence-corrected chi connectivity index (χ2v) is 3.24. The summed E-state index contributed by atoms with van der Waals surface area (Å²) in [7, 11) is 0. The van der Waals surface area contributed by atoms with Crippen molar-refractivity contribution in [3.8, 4) is 0 Å². The Morgan fingerprint density at radius 3 is 2.57 bits per heavy atom. The molecule has 0 spiro atoms. The highest BCUT2D eigenvalue weighted by Crippen LogP contribution is 2.18. The molecule has 1 aromatic carbocycles. The lowest BCUT2D eigenvalue weighted by Crippen LogP contribution is -2.08. The molecule has 0 atom stereocenters. The lowest BCUT2D eigenvalue weighted by Gasteiger charge is -2.08. The molecule has 76 valence electrons. The van der Waals surface area contributed by atoms with Crippen molar-refractivity contribution >= 4 is 11.7 Å². The van der Waals surface area contributed by atoms with Crippen molar-refractivity contribution in [3.05, 3.63) is 28.8 Å². The van der Waals surface area contributed by atoms with Crippen LogP contribution in [0, 0.1) is 13.8 Å². The Hall–Kier alpha value is -1.51. The van der Waals surface area contributed by atoms with Gasteiger partial charge in [0.15, 0.2) is 0 Å². The first-order valence-electron chi connectivity index (χ1n) is 4.60. The zero-order valence-corrected chi connectivity index (χ0v) is 8.76. The van der Waals surface area contributed by atoms with E-state index >= 15 is 0 Å². The fourth-order valence-corrected chi connectivity index (χ4v) is 1.30. The van der Waals surface area contributed by atoms with Gasteiger partial charge in [-0.15, -0.1) is 0 Å². The number of nitrogen functional groups attached to an aromatic ring is 1. The molecule has 0 bridgehead atoms. The summed E-state index contributed by atoms with van der Waals surface area (Å²) in [6, 6.07) is 3.56. The van der Waals surface area contributed by atoms with E-state index in [0.717, 1.165) is 11.1 Å². The molecule has 0 heterocycles. The molecule has 1 rings (SSSR count). The van der Waals surface area contributed by atoms with Crippen LogP contribution in [0.4, 0.5) is 5.69 Å². The molecule has 2 N–H and O–H groups in total. The van der Waals surface area contributed by atoms with Gasteiger partial charge in [0.2, 0.25) is 0 Å². The van der Waals surface area contributed by atoms with E-state index in [2.05, 4.69) is 0 Å². The van der Waals surface area contributed by atoms with Gasteiger partial charge in [-0.3, -0.25) is 0 Å². The average Bonchev–Trinajstić information content (AvgIpc) is 2.11. The summed E-state index contributed by atoms with van der Waals surface area (Å²) in [5.74, 6) is -0.309. The van der Waals surface area contributed by atoms with Gasteiger partial charge in [-0.05, 0) is 38.0 Å². The van der Waals surface area contributed by atoms with Gasteiger partial charge < -0.3 is 10.5 Å². The standard InChI is InChI=1S/C11H15NO2/c1-4-14-11(13)9-6-10(12)8(3)5-7(9)2/h5-6H,4,12H2,1-3H3. The van der Waals surface area contributed by atoms with Crippen molar-refractivity contribution in [2.45, 2.75) is 20.8 Å². The molecule has 0 aliphatic rings. The van der Waals surface area contributed by atoms with Gasteiger partial charge in [-0.1, -0.05) is 6.07 Å². The van der Waals surface area contributed by atoms with E-state index < -0.39 is 0 Å². The molecule has 3 heteroatoms. The average molecular weight is 193 g/mol. The maximum absolute atomic E-state index is 11.5. The van der Waals surface area contributed by atoms with Crippen molar-refractivity contribution in [1.82, 2.24) is 0 Å². The quantitative estimate of drug-likeness (QED) is 0.577. The number of carbonyl (C=O) groups is 1. The third-order valence-corrected chi connectivity index (χ3v) is 2.11. The zero-order chi connectivity index (χ0) is 10.7. The number of anilines is 1. The number of esters is 1. The van der Waals surface area contributed by atoms with Crippen molar-refractivity contribution in [2.75, 3.05) is 12.3 Å². The first-order valence-corrected chi connectivity index (χ1v) is 4.60. The van der Waals surface area contributed by atoms with E-state index in [0.29, 0.717) is 17.9 Å². The third kappa shape index (κ3) is 2.05. The van der Waals surface area contributed by atoms with Crippen LogP contribution >= 0.6 is 0 Å². The highest BCUT2D eigenvalue weighted by Gasteiger charge is 2.11. The molecule has 0 aliphatic heterocycles. The Morgan fingerprint density at radius 1 is 1.36 bits per heavy atom. The maximum atomic E-state index is 11.5. The SMILES string of the molecule is CCOC(=O)c1cc(N)c(C)cc1C. The molecule has 0 aliphatic carbocycles. The van der Waals surface area contributed by atoms with Crippen molar-refractivity contribution < 1.29 is 9.53 Å². The summed E-state index contributed by atoms with van der Waals surface area (Å²) in [5, 5.41) is 0.